The van der Waals surface area contributed by atoms with Crippen LogP contribution in [0.2, 0.25) is 5.02 Å². The quantitative estimate of drug-likeness (QED) is 0.553. The number of nitrogens with two attached hydrogens (primary N) is 1. The molecule has 1 rings (SSSR count). The molecule has 0 amide bonds. The Bertz CT molecular complexity index is 224. The van der Waals surface area contributed by atoms with Crippen LogP contribution in [-0.2, 0) is 0 Å². The highest BCUT2D eigenvalue weighted by molar-refractivity contribution is 6.30. The fourth-order valence-electron chi connectivity index (χ4n) is 0.469. The first-order valence-electron chi connectivity index (χ1n) is 2.32. The number of hydrogen-bond acceptors (Lipinski definition) is 1. The van der Waals surface area contributed by atoms with E-state index < -0.39 is 5.82 Å². The minimum atomic E-state index is -0.556. The van der Waals surface area contributed by atoms with Crippen molar-refractivity contribution in [2.45, 2.75) is 0 Å². The van der Waals surface area contributed by atoms with Crippen LogP contribution in [0.15, 0.2) is 12.1 Å². The Labute approximate surface area is 57.2 Å². The van der Waals surface area contributed by atoms with Gasteiger partial charge in [-0.3, -0.25) is 0 Å². The summed E-state index contributed by atoms with van der Waals surface area (Å²) in [6, 6.07) is 4.91. The number of nitrogen functional groups attached to an aromatic ring is 1. The average Bonchev–Trinajstić information content (AvgIpc) is 1.80. The second-order valence-corrected chi connectivity index (χ2v) is 2.02. The average molecular weight is 145 g/mol. The summed E-state index contributed by atoms with van der Waals surface area (Å²) in [6.45, 7) is 0. The third-order valence-electron chi connectivity index (χ3n) is 0.884. The standard InChI is InChI=1S/C6H4ClFN/c7-4-1-2-5(8)6(9)3-4/h1,3H,9H2. The van der Waals surface area contributed by atoms with Crippen molar-refractivity contribution in [3.63, 3.8) is 0 Å². The van der Waals surface area contributed by atoms with Crippen LogP contribution in [0.4, 0.5) is 10.1 Å². The van der Waals surface area contributed by atoms with Crippen molar-refractivity contribution in [1.29, 1.82) is 0 Å². The van der Waals surface area contributed by atoms with E-state index in [1.807, 2.05) is 0 Å². The number of benzene rings is 1. The monoisotopic (exact) mass is 144 g/mol. The van der Waals surface area contributed by atoms with Gasteiger partial charge in [0.1, 0.15) is 0 Å². The van der Waals surface area contributed by atoms with Gasteiger partial charge in [0.2, 0.25) is 0 Å². The molecule has 3 heteroatoms. The maximum Gasteiger partial charge on any atom is 0.154 e. The molecule has 0 aromatic heterocycles. The highest BCUT2D eigenvalue weighted by atomic mass is 35.5. The third kappa shape index (κ3) is 1.33. The van der Waals surface area contributed by atoms with Crippen molar-refractivity contribution < 1.29 is 4.39 Å². The van der Waals surface area contributed by atoms with Gasteiger partial charge in [0.15, 0.2) is 5.82 Å². The molecular formula is C6H4ClFN. The fraction of sp³-hybridized carbons (Fsp3) is 0. The summed E-state index contributed by atoms with van der Waals surface area (Å²) >= 11 is 5.44. The second kappa shape index (κ2) is 2.23. The first kappa shape index (κ1) is 6.36. The summed E-state index contributed by atoms with van der Waals surface area (Å²) in [5.74, 6) is -0.556. The van der Waals surface area contributed by atoms with E-state index in [4.69, 9.17) is 17.3 Å². The zero-order chi connectivity index (χ0) is 6.85. The smallest absolute Gasteiger partial charge is 0.154 e. The van der Waals surface area contributed by atoms with E-state index in [9.17, 15) is 4.39 Å². The second-order valence-electron chi connectivity index (χ2n) is 1.59. The lowest BCUT2D eigenvalue weighted by atomic mass is 10.3. The van der Waals surface area contributed by atoms with Crippen molar-refractivity contribution in [3.8, 4) is 0 Å². The van der Waals surface area contributed by atoms with E-state index in [-0.39, 0.29) is 5.69 Å². The van der Waals surface area contributed by atoms with Crippen molar-refractivity contribution in [3.05, 3.63) is 29.0 Å². The highest BCUT2D eigenvalue weighted by Crippen LogP contribution is 2.14. The molecule has 47 valence electrons. The number of anilines is 1. The Morgan fingerprint density at radius 3 is 2.78 bits per heavy atom. The van der Waals surface area contributed by atoms with Crippen LogP contribution in [0.5, 0.6) is 0 Å². The molecule has 0 heterocycles. The maximum atomic E-state index is 12.3. The molecule has 0 fully saturated rings. The van der Waals surface area contributed by atoms with Crippen LogP contribution in [0, 0.1) is 11.9 Å². The van der Waals surface area contributed by atoms with E-state index in [1.165, 1.54) is 12.1 Å². The summed E-state index contributed by atoms with van der Waals surface area (Å²) in [7, 11) is 0. The number of rotatable bonds is 0. The minimum Gasteiger partial charge on any atom is -0.396 e. The zero-order valence-electron chi connectivity index (χ0n) is 4.49. The predicted molar refractivity (Wildman–Crippen MR) is 34.7 cm³/mol. The van der Waals surface area contributed by atoms with Gasteiger partial charge in [-0.1, -0.05) is 11.6 Å². The molecule has 1 radical (unpaired) electrons. The molecule has 2 N–H and O–H groups in total. The topological polar surface area (TPSA) is 26.0 Å². The lowest BCUT2D eigenvalue weighted by Gasteiger charge is -1.93. The normalized spacial score (nSPS) is 9.56. The summed E-state index contributed by atoms with van der Waals surface area (Å²) in [5, 5.41) is 0.397. The van der Waals surface area contributed by atoms with Crippen molar-refractivity contribution in [2.75, 3.05) is 5.73 Å². The van der Waals surface area contributed by atoms with Gasteiger partial charge in [0.25, 0.3) is 0 Å². The van der Waals surface area contributed by atoms with E-state index >= 15 is 0 Å². The van der Waals surface area contributed by atoms with E-state index in [0.717, 1.165) is 0 Å². The van der Waals surface area contributed by atoms with Crippen molar-refractivity contribution in [2.24, 2.45) is 0 Å². The summed E-state index contributed by atoms with van der Waals surface area (Å²) < 4.78 is 12.3. The molecule has 1 aromatic rings. The maximum absolute atomic E-state index is 12.3. The van der Waals surface area contributed by atoms with Crippen LogP contribution in [0.3, 0.4) is 0 Å². The van der Waals surface area contributed by atoms with Gasteiger partial charge in [-0.25, -0.2) is 4.39 Å². The Hall–Kier alpha value is -0.760. The molecule has 1 aromatic carbocycles. The molecular weight excluding hydrogens is 141 g/mol. The summed E-state index contributed by atoms with van der Waals surface area (Å²) in [6.07, 6.45) is 0. The van der Waals surface area contributed by atoms with Gasteiger partial charge < -0.3 is 5.73 Å². The molecule has 0 spiro atoms. The largest absolute Gasteiger partial charge is 0.396 e. The van der Waals surface area contributed by atoms with Crippen molar-refractivity contribution >= 4 is 17.3 Å². The van der Waals surface area contributed by atoms with Gasteiger partial charge in [-0.15, -0.1) is 0 Å². The molecule has 0 aliphatic heterocycles. The van der Waals surface area contributed by atoms with E-state index in [2.05, 4.69) is 6.07 Å². The van der Waals surface area contributed by atoms with Crippen LogP contribution in [0.1, 0.15) is 0 Å². The Kier molecular flexibility index (Phi) is 1.58. The zero-order valence-corrected chi connectivity index (χ0v) is 5.24. The Morgan fingerprint density at radius 1 is 1.67 bits per heavy atom. The summed E-state index contributed by atoms with van der Waals surface area (Å²) in [5.41, 5.74) is 5.16. The van der Waals surface area contributed by atoms with Gasteiger partial charge in [-0.2, -0.15) is 0 Å². The van der Waals surface area contributed by atoms with Crippen molar-refractivity contribution in [1.82, 2.24) is 0 Å². The molecule has 0 saturated heterocycles. The lowest BCUT2D eigenvalue weighted by Crippen LogP contribution is -1.88. The van der Waals surface area contributed by atoms with Crippen LogP contribution >= 0.6 is 11.6 Å². The molecule has 0 aliphatic rings. The van der Waals surface area contributed by atoms with Gasteiger partial charge >= 0.3 is 0 Å². The lowest BCUT2D eigenvalue weighted by molar-refractivity contribution is 0.630. The molecule has 0 bridgehead atoms. The number of halogens is 2. The Balaban J connectivity index is 3.17. The predicted octanol–water partition coefficient (Wildman–Crippen LogP) is 1.86. The molecule has 0 unspecified atom stereocenters. The molecule has 0 aliphatic carbocycles. The first-order chi connectivity index (χ1) is 4.20. The molecule has 1 nitrogen and oxygen atoms in total. The minimum absolute atomic E-state index is 0.0301. The third-order valence-corrected chi connectivity index (χ3v) is 1.10. The Morgan fingerprint density at radius 2 is 2.33 bits per heavy atom. The van der Waals surface area contributed by atoms with Crippen LogP contribution < -0.4 is 5.73 Å². The summed E-state index contributed by atoms with van der Waals surface area (Å²) in [4.78, 5) is 0. The SMILES string of the molecule is Nc1cc(Cl)c[c]c1F. The fourth-order valence-corrected chi connectivity index (χ4v) is 0.641. The molecule has 0 saturated carbocycles. The van der Waals surface area contributed by atoms with Gasteiger partial charge in [0.05, 0.1) is 5.69 Å². The van der Waals surface area contributed by atoms with E-state index in [0.29, 0.717) is 5.02 Å². The first-order valence-corrected chi connectivity index (χ1v) is 2.70. The van der Waals surface area contributed by atoms with Crippen LogP contribution in [-0.4, -0.2) is 0 Å². The molecule has 0 atom stereocenters. The van der Waals surface area contributed by atoms with Gasteiger partial charge in [0, 0.05) is 11.1 Å². The number of hydrogen-bond donors (Lipinski definition) is 1. The molecule has 9 heavy (non-hydrogen) atoms. The van der Waals surface area contributed by atoms with Gasteiger partial charge in [-0.05, 0) is 12.1 Å². The van der Waals surface area contributed by atoms with Crippen LogP contribution in [0.25, 0.3) is 0 Å². The highest BCUT2D eigenvalue weighted by Gasteiger charge is 1.95. The van der Waals surface area contributed by atoms with E-state index in [1.54, 1.807) is 0 Å².